The molecule has 6 heteroatoms. The number of hydrogen-bond donors (Lipinski definition) is 0. The summed E-state index contributed by atoms with van der Waals surface area (Å²) >= 11 is 6.23. The molecule has 0 atom stereocenters. The summed E-state index contributed by atoms with van der Waals surface area (Å²) in [5.41, 5.74) is 2.08. The SMILES string of the molecule is Cc1ccc(N2CCN(S(=O)(=O)c3ccc4ccccc4c3)CC2)cc1Cl. The molecule has 1 fully saturated rings. The molecule has 1 heterocycles. The van der Waals surface area contributed by atoms with Crippen LogP contribution in [0.4, 0.5) is 5.69 Å². The molecule has 0 unspecified atom stereocenters. The summed E-state index contributed by atoms with van der Waals surface area (Å²) in [5.74, 6) is 0. The van der Waals surface area contributed by atoms with E-state index in [1.807, 2.05) is 55.5 Å². The van der Waals surface area contributed by atoms with Crippen LogP contribution in [0.25, 0.3) is 10.8 Å². The molecule has 3 aromatic carbocycles. The quantitative estimate of drug-likeness (QED) is 0.657. The molecule has 0 amide bonds. The number of fused-ring (bicyclic) bond motifs is 1. The number of benzene rings is 3. The lowest BCUT2D eigenvalue weighted by Gasteiger charge is -2.35. The maximum atomic E-state index is 13.1. The van der Waals surface area contributed by atoms with E-state index in [9.17, 15) is 8.42 Å². The molecule has 1 aliphatic rings. The average molecular weight is 401 g/mol. The van der Waals surface area contributed by atoms with Crippen molar-refractivity contribution in [1.82, 2.24) is 4.31 Å². The Morgan fingerprint density at radius 1 is 0.852 bits per heavy atom. The lowest BCUT2D eigenvalue weighted by Crippen LogP contribution is -2.48. The normalized spacial score (nSPS) is 16.0. The van der Waals surface area contributed by atoms with Gasteiger partial charge in [0, 0.05) is 36.9 Å². The number of anilines is 1. The van der Waals surface area contributed by atoms with E-state index in [4.69, 9.17) is 11.6 Å². The predicted molar refractivity (Wildman–Crippen MR) is 111 cm³/mol. The highest BCUT2D eigenvalue weighted by Crippen LogP contribution is 2.26. The van der Waals surface area contributed by atoms with Crippen molar-refractivity contribution in [1.29, 1.82) is 0 Å². The minimum atomic E-state index is -3.49. The van der Waals surface area contributed by atoms with Gasteiger partial charge in [-0.15, -0.1) is 0 Å². The van der Waals surface area contributed by atoms with Gasteiger partial charge in [0.05, 0.1) is 4.90 Å². The summed E-state index contributed by atoms with van der Waals surface area (Å²) in [5, 5.41) is 2.71. The second kappa shape index (κ2) is 7.15. The first kappa shape index (κ1) is 18.3. The van der Waals surface area contributed by atoms with E-state index in [1.165, 1.54) is 0 Å². The number of piperazine rings is 1. The van der Waals surface area contributed by atoms with Crippen molar-refractivity contribution in [3.8, 4) is 0 Å². The summed E-state index contributed by atoms with van der Waals surface area (Å²) in [6, 6.07) is 19.1. The van der Waals surface area contributed by atoms with Crippen LogP contribution in [-0.4, -0.2) is 38.9 Å². The molecule has 1 aliphatic heterocycles. The Kier molecular flexibility index (Phi) is 4.84. The van der Waals surface area contributed by atoms with E-state index in [0.717, 1.165) is 27.0 Å². The van der Waals surface area contributed by atoms with Crippen LogP contribution < -0.4 is 4.90 Å². The topological polar surface area (TPSA) is 40.6 Å². The summed E-state index contributed by atoms with van der Waals surface area (Å²) < 4.78 is 27.7. The number of nitrogens with zero attached hydrogens (tertiary/aromatic N) is 2. The molecular formula is C21H21ClN2O2S. The van der Waals surface area contributed by atoms with Gasteiger partial charge in [-0.1, -0.05) is 48.0 Å². The Balaban J connectivity index is 1.53. The van der Waals surface area contributed by atoms with Crippen LogP contribution in [0.15, 0.2) is 65.6 Å². The fraction of sp³-hybridized carbons (Fsp3) is 0.238. The summed E-state index contributed by atoms with van der Waals surface area (Å²) in [4.78, 5) is 2.53. The maximum absolute atomic E-state index is 13.1. The Morgan fingerprint density at radius 3 is 2.26 bits per heavy atom. The van der Waals surface area contributed by atoms with Crippen LogP contribution in [0.5, 0.6) is 0 Å². The smallest absolute Gasteiger partial charge is 0.243 e. The molecule has 0 aromatic heterocycles. The van der Waals surface area contributed by atoms with Crippen LogP contribution in [-0.2, 0) is 10.0 Å². The van der Waals surface area contributed by atoms with Gasteiger partial charge in [-0.25, -0.2) is 8.42 Å². The lowest BCUT2D eigenvalue weighted by molar-refractivity contribution is 0.385. The molecule has 0 bridgehead atoms. The zero-order valence-electron chi connectivity index (χ0n) is 15.1. The van der Waals surface area contributed by atoms with Crippen LogP contribution >= 0.6 is 11.6 Å². The van der Waals surface area contributed by atoms with Gasteiger partial charge in [0.15, 0.2) is 0 Å². The molecule has 0 spiro atoms. The minimum Gasteiger partial charge on any atom is -0.369 e. The first-order valence-corrected chi connectivity index (χ1v) is 10.8. The molecule has 3 aromatic rings. The van der Waals surface area contributed by atoms with Crippen LogP contribution in [0, 0.1) is 6.92 Å². The number of sulfonamides is 1. The third kappa shape index (κ3) is 3.55. The molecule has 27 heavy (non-hydrogen) atoms. The van der Waals surface area contributed by atoms with E-state index in [1.54, 1.807) is 16.4 Å². The molecule has 0 radical (unpaired) electrons. The zero-order chi connectivity index (χ0) is 19.0. The van der Waals surface area contributed by atoms with Gasteiger partial charge >= 0.3 is 0 Å². The largest absolute Gasteiger partial charge is 0.369 e. The van der Waals surface area contributed by atoms with Gasteiger partial charge < -0.3 is 4.90 Å². The molecule has 4 nitrogen and oxygen atoms in total. The monoisotopic (exact) mass is 400 g/mol. The van der Waals surface area contributed by atoms with Crippen molar-refractivity contribution < 1.29 is 8.42 Å². The van der Waals surface area contributed by atoms with Crippen LogP contribution in [0.2, 0.25) is 5.02 Å². The molecule has 0 saturated carbocycles. The van der Waals surface area contributed by atoms with Gasteiger partial charge in [-0.2, -0.15) is 4.31 Å². The van der Waals surface area contributed by atoms with Gasteiger partial charge in [-0.05, 0) is 47.5 Å². The van der Waals surface area contributed by atoms with Gasteiger partial charge in [-0.3, -0.25) is 0 Å². The van der Waals surface area contributed by atoms with Crippen molar-refractivity contribution >= 4 is 38.1 Å². The van der Waals surface area contributed by atoms with Crippen LogP contribution in [0.3, 0.4) is 0 Å². The van der Waals surface area contributed by atoms with Crippen molar-refractivity contribution in [2.75, 3.05) is 31.1 Å². The van der Waals surface area contributed by atoms with E-state index >= 15 is 0 Å². The highest BCUT2D eigenvalue weighted by Gasteiger charge is 2.28. The third-order valence-electron chi connectivity index (χ3n) is 5.12. The highest BCUT2D eigenvalue weighted by atomic mass is 35.5. The molecular weight excluding hydrogens is 380 g/mol. The third-order valence-corrected chi connectivity index (χ3v) is 7.42. The zero-order valence-corrected chi connectivity index (χ0v) is 16.7. The Labute approximate surface area is 165 Å². The number of rotatable bonds is 3. The predicted octanol–water partition coefficient (Wildman–Crippen LogP) is 4.31. The van der Waals surface area contributed by atoms with Crippen molar-refractivity contribution in [3.63, 3.8) is 0 Å². The maximum Gasteiger partial charge on any atom is 0.243 e. The second-order valence-electron chi connectivity index (χ2n) is 6.83. The average Bonchev–Trinajstić information content (AvgIpc) is 2.70. The fourth-order valence-corrected chi connectivity index (χ4v) is 5.07. The molecule has 140 valence electrons. The lowest BCUT2D eigenvalue weighted by atomic mass is 10.1. The second-order valence-corrected chi connectivity index (χ2v) is 9.18. The molecule has 4 rings (SSSR count). The summed E-state index contributed by atoms with van der Waals surface area (Å²) in [7, 11) is -3.49. The van der Waals surface area contributed by atoms with E-state index in [2.05, 4.69) is 4.90 Å². The highest BCUT2D eigenvalue weighted by molar-refractivity contribution is 7.89. The summed E-state index contributed by atoms with van der Waals surface area (Å²) in [6.07, 6.45) is 0. The number of hydrogen-bond acceptors (Lipinski definition) is 3. The van der Waals surface area contributed by atoms with E-state index in [0.29, 0.717) is 31.1 Å². The standard InChI is InChI=1S/C21H21ClN2O2S/c1-16-6-8-19(15-21(16)22)23-10-12-24(13-11-23)27(25,26)20-9-7-17-4-2-3-5-18(17)14-20/h2-9,14-15H,10-13H2,1H3. The Bertz CT molecular complexity index is 1090. The van der Waals surface area contributed by atoms with E-state index < -0.39 is 10.0 Å². The Morgan fingerprint density at radius 2 is 1.56 bits per heavy atom. The van der Waals surface area contributed by atoms with Crippen molar-refractivity contribution in [2.45, 2.75) is 11.8 Å². The molecule has 0 aliphatic carbocycles. The van der Waals surface area contributed by atoms with Gasteiger partial charge in [0.25, 0.3) is 0 Å². The van der Waals surface area contributed by atoms with Crippen molar-refractivity contribution in [2.24, 2.45) is 0 Å². The molecule has 0 N–H and O–H groups in total. The molecule has 1 saturated heterocycles. The summed E-state index contributed by atoms with van der Waals surface area (Å²) in [6.45, 7) is 4.18. The van der Waals surface area contributed by atoms with Gasteiger partial charge in [0.1, 0.15) is 0 Å². The van der Waals surface area contributed by atoms with Gasteiger partial charge in [0.2, 0.25) is 10.0 Å². The van der Waals surface area contributed by atoms with Crippen molar-refractivity contribution in [3.05, 3.63) is 71.2 Å². The van der Waals surface area contributed by atoms with E-state index in [-0.39, 0.29) is 0 Å². The minimum absolute atomic E-state index is 0.355. The number of aryl methyl sites for hydroxylation is 1. The first-order valence-electron chi connectivity index (χ1n) is 8.95. The van der Waals surface area contributed by atoms with Crippen LogP contribution in [0.1, 0.15) is 5.56 Å². The fourth-order valence-electron chi connectivity index (χ4n) is 3.44. The Hall–Kier alpha value is -2.08. The first-order chi connectivity index (χ1) is 12.9. The number of halogens is 1.